The minimum Gasteiger partial charge on any atom is -0.459 e. The summed E-state index contributed by atoms with van der Waals surface area (Å²) < 4.78 is 5.59. The van der Waals surface area contributed by atoms with Gasteiger partial charge >= 0.3 is 5.97 Å². The Morgan fingerprint density at radius 2 is 2.10 bits per heavy atom. The van der Waals surface area contributed by atoms with E-state index in [0.717, 1.165) is 36.8 Å². The molecule has 1 aliphatic heterocycles. The highest BCUT2D eigenvalue weighted by molar-refractivity contribution is 5.94. The highest BCUT2D eigenvalue weighted by atomic mass is 16.5. The van der Waals surface area contributed by atoms with Crippen LogP contribution in [-0.2, 0) is 4.74 Å². The lowest BCUT2D eigenvalue weighted by molar-refractivity contribution is 0.0139. The molecule has 3 rings (SSSR count). The monoisotopic (exact) mass is 270 g/mol. The van der Waals surface area contributed by atoms with Crippen molar-refractivity contribution in [2.45, 2.75) is 18.9 Å². The van der Waals surface area contributed by atoms with Crippen LogP contribution < -0.4 is 0 Å². The van der Waals surface area contributed by atoms with Crippen molar-refractivity contribution in [1.29, 1.82) is 0 Å². The first-order valence-electron chi connectivity index (χ1n) is 6.97. The van der Waals surface area contributed by atoms with Gasteiger partial charge in [-0.25, -0.2) is 4.79 Å². The van der Waals surface area contributed by atoms with Crippen molar-refractivity contribution < 1.29 is 9.53 Å². The molecule has 1 saturated heterocycles. The van der Waals surface area contributed by atoms with Gasteiger partial charge < -0.3 is 9.64 Å². The maximum Gasteiger partial charge on any atom is 0.338 e. The fraction of sp³-hybridized carbons (Fsp3) is 0.375. The van der Waals surface area contributed by atoms with Crippen molar-refractivity contribution in [2.75, 3.05) is 20.1 Å². The molecule has 1 aromatic carbocycles. The van der Waals surface area contributed by atoms with Crippen LogP contribution in [0.1, 0.15) is 23.2 Å². The fourth-order valence-corrected chi connectivity index (χ4v) is 2.52. The number of nitrogens with zero attached hydrogens (tertiary/aromatic N) is 2. The number of fused-ring (bicyclic) bond motifs is 1. The molecule has 2 heterocycles. The number of hydrogen-bond donors (Lipinski definition) is 0. The van der Waals surface area contributed by atoms with Crippen LogP contribution >= 0.6 is 0 Å². The van der Waals surface area contributed by atoms with E-state index in [0.29, 0.717) is 5.56 Å². The summed E-state index contributed by atoms with van der Waals surface area (Å²) in [5, 5.41) is 0.963. The number of benzene rings is 1. The summed E-state index contributed by atoms with van der Waals surface area (Å²) in [6, 6.07) is 9.32. The summed E-state index contributed by atoms with van der Waals surface area (Å²) in [5.74, 6) is -0.231. The first-order valence-corrected chi connectivity index (χ1v) is 6.97. The Morgan fingerprint density at radius 1 is 1.30 bits per heavy atom. The van der Waals surface area contributed by atoms with E-state index in [9.17, 15) is 4.79 Å². The van der Waals surface area contributed by atoms with Gasteiger partial charge in [0.2, 0.25) is 0 Å². The molecule has 0 spiro atoms. The second-order valence-corrected chi connectivity index (χ2v) is 5.32. The molecule has 0 bridgehead atoms. The molecule has 2 aromatic rings. The Morgan fingerprint density at radius 3 is 2.90 bits per heavy atom. The van der Waals surface area contributed by atoms with Crippen molar-refractivity contribution in [1.82, 2.24) is 9.88 Å². The van der Waals surface area contributed by atoms with E-state index >= 15 is 0 Å². The second kappa shape index (κ2) is 5.59. The topological polar surface area (TPSA) is 42.4 Å². The van der Waals surface area contributed by atoms with Gasteiger partial charge in [-0.3, -0.25) is 4.98 Å². The largest absolute Gasteiger partial charge is 0.459 e. The SMILES string of the molecule is CN1CCC(OC(=O)c2ccc3ncccc3c2)CC1. The summed E-state index contributed by atoms with van der Waals surface area (Å²) in [7, 11) is 2.09. The molecule has 1 aliphatic rings. The number of piperidine rings is 1. The minimum absolute atomic E-state index is 0.0447. The summed E-state index contributed by atoms with van der Waals surface area (Å²) in [5.41, 5.74) is 1.49. The third-order valence-electron chi connectivity index (χ3n) is 3.78. The van der Waals surface area contributed by atoms with Gasteiger partial charge in [-0.1, -0.05) is 6.07 Å². The second-order valence-electron chi connectivity index (χ2n) is 5.32. The minimum atomic E-state index is -0.231. The number of carbonyl (C=O) groups is 1. The van der Waals surface area contributed by atoms with Gasteiger partial charge in [0.1, 0.15) is 6.10 Å². The standard InChI is InChI=1S/C16H18N2O2/c1-18-9-6-14(7-10-18)20-16(19)13-4-5-15-12(11-13)3-2-8-17-15/h2-5,8,11,14H,6-7,9-10H2,1H3. The fourth-order valence-electron chi connectivity index (χ4n) is 2.52. The average Bonchev–Trinajstić information content (AvgIpc) is 2.49. The number of esters is 1. The van der Waals surface area contributed by atoms with E-state index in [-0.39, 0.29) is 12.1 Å². The Bertz CT molecular complexity index is 619. The highest BCUT2D eigenvalue weighted by Crippen LogP contribution is 2.17. The lowest BCUT2D eigenvalue weighted by Gasteiger charge is -2.28. The zero-order valence-corrected chi connectivity index (χ0v) is 11.6. The molecule has 20 heavy (non-hydrogen) atoms. The molecular weight excluding hydrogens is 252 g/mol. The Balaban J connectivity index is 1.72. The molecule has 4 nitrogen and oxygen atoms in total. The average molecular weight is 270 g/mol. The van der Waals surface area contributed by atoms with Crippen molar-refractivity contribution in [3.05, 3.63) is 42.1 Å². The number of rotatable bonds is 2. The van der Waals surface area contributed by atoms with Crippen LogP contribution in [0, 0.1) is 0 Å². The predicted molar refractivity (Wildman–Crippen MR) is 77.7 cm³/mol. The summed E-state index contributed by atoms with van der Waals surface area (Å²) in [4.78, 5) is 18.7. The zero-order chi connectivity index (χ0) is 13.9. The summed E-state index contributed by atoms with van der Waals surface area (Å²) in [6.45, 7) is 1.97. The molecule has 1 aromatic heterocycles. The quantitative estimate of drug-likeness (QED) is 0.786. The van der Waals surface area contributed by atoms with Gasteiger partial charge in [-0.2, -0.15) is 0 Å². The molecule has 0 N–H and O–H groups in total. The van der Waals surface area contributed by atoms with Crippen molar-refractivity contribution in [3.63, 3.8) is 0 Å². The van der Waals surface area contributed by atoms with Crippen LogP contribution in [0.5, 0.6) is 0 Å². The summed E-state index contributed by atoms with van der Waals surface area (Å²) >= 11 is 0. The number of likely N-dealkylation sites (tertiary alicyclic amines) is 1. The molecular formula is C16H18N2O2. The Hall–Kier alpha value is -1.94. The number of pyridine rings is 1. The van der Waals surface area contributed by atoms with E-state index in [2.05, 4.69) is 16.9 Å². The van der Waals surface area contributed by atoms with Gasteiger partial charge in [-0.05, 0) is 44.2 Å². The molecule has 0 aliphatic carbocycles. The van der Waals surface area contributed by atoms with Crippen LogP contribution in [0.15, 0.2) is 36.5 Å². The lowest BCUT2D eigenvalue weighted by Crippen LogP contribution is -2.35. The van der Waals surface area contributed by atoms with Crippen LogP contribution in [0.2, 0.25) is 0 Å². The van der Waals surface area contributed by atoms with Gasteiger partial charge in [0.15, 0.2) is 0 Å². The molecule has 104 valence electrons. The van der Waals surface area contributed by atoms with Crippen LogP contribution in [-0.4, -0.2) is 42.1 Å². The number of ether oxygens (including phenoxy) is 1. The Labute approximate surface area is 118 Å². The molecule has 0 saturated carbocycles. The van der Waals surface area contributed by atoms with E-state index < -0.39 is 0 Å². The molecule has 1 fully saturated rings. The number of aromatic nitrogens is 1. The first-order chi connectivity index (χ1) is 9.72. The molecule has 0 radical (unpaired) electrons. The van der Waals surface area contributed by atoms with E-state index in [4.69, 9.17) is 4.74 Å². The highest BCUT2D eigenvalue weighted by Gasteiger charge is 2.21. The Kier molecular flexibility index (Phi) is 3.65. The van der Waals surface area contributed by atoms with Crippen LogP contribution in [0.4, 0.5) is 0 Å². The maximum absolute atomic E-state index is 12.2. The van der Waals surface area contributed by atoms with Crippen molar-refractivity contribution in [3.8, 4) is 0 Å². The normalized spacial score (nSPS) is 17.2. The van der Waals surface area contributed by atoms with Gasteiger partial charge in [-0.15, -0.1) is 0 Å². The number of carbonyl (C=O) groups excluding carboxylic acids is 1. The predicted octanol–water partition coefficient (Wildman–Crippen LogP) is 2.49. The van der Waals surface area contributed by atoms with Crippen molar-refractivity contribution in [2.24, 2.45) is 0 Å². The molecule has 0 amide bonds. The third-order valence-corrected chi connectivity index (χ3v) is 3.78. The van der Waals surface area contributed by atoms with E-state index in [1.54, 1.807) is 12.3 Å². The number of hydrogen-bond acceptors (Lipinski definition) is 4. The molecule has 0 unspecified atom stereocenters. The summed E-state index contributed by atoms with van der Waals surface area (Å²) in [6.07, 6.45) is 3.62. The maximum atomic E-state index is 12.2. The van der Waals surface area contributed by atoms with Crippen LogP contribution in [0.25, 0.3) is 10.9 Å². The lowest BCUT2D eigenvalue weighted by atomic mass is 10.1. The zero-order valence-electron chi connectivity index (χ0n) is 11.6. The first kappa shape index (κ1) is 13.1. The molecule has 4 heteroatoms. The van der Waals surface area contributed by atoms with Crippen molar-refractivity contribution >= 4 is 16.9 Å². The third kappa shape index (κ3) is 2.80. The van der Waals surface area contributed by atoms with E-state index in [1.807, 2.05) is 24.3 Å². The van der Waals surface area contributed by atoms with Gasteiger partial charge in [0, 0.05) is 24.7 Å². The van der Waals surface area contributed by atoms with Gasteiger partial charge in [0.05, 0.1) is 11.1 Å². The van der Waals surface area contributed by atoms with Gasteiger partial charge in [0.25, 0.3) is 0 Å². The molecule has 0 atom stereocenters. The smallest absolute Gasteiger partial charge is 0.338 e. The van der Waals surface area contributed by atoms with Crippen LogP contribution in [0.3, 0.4) is 0 Å². The van der Waals surface area contributed by atoms with E-state index in [1.165, 1.54) is 0 Å².